The maximum atomic E-state index is 11.9. The van der Waals surface area contributed by atoms with Crippen molar-refractivity contribution in [2.75, 3.05) is 13.1 Å². The van der Waals surface area contributed by atoms with Gasteiger partial charge in [0, 0.05) is 13.1 Å². The number of ether oxygens (including phenoxy) is 1. The van der Waals surface area contributed by atoms with Gasteiger partial charge < -0.3 is 14.7 Å². The molecule has 1 saturated heterocycles. The minimum atomic E-state index is -0.692. The van der Waals surface area contributed by atoms with Crippen LogP contribution >= 0.6 is 0 Å². The second-order valence-electron chi connectivity index (χ2n) is 4.37. The van der Waals surface area contributed by atoms with Crippen molar-refractivity contribution in [3.05, 3.63) is 35.9 Å². The average Bonchev–Trinajstić information content (AvgIpc) is 2.40. The molecular weight excluding hydrogens is 232 g/mol. The number of carbonyl (C=O) groups is 1. The molecule has 1 amide bonds. The zero-order chi connectivity index (χ0) is 13.0. The van der Waals surface area contributed by atoms with Crippen molar-refractivity contribution in [1.29, 1.82) is 0 Å². The van der Waals surface area contributed by atoms with Crippen LogP contribution in [0.3, 0.4) is 0 Å². The molecule has 1 aliphatic heterocycles. The zero-order valence-electron chi connectivity index (χ0n) is 10.4. The summed E-state index contributed by atoms with van der Waals surface area (Å²) in [4.78, 5) is 13.4. The summed E-state index contributed by atoms with van der Waals surface area (Å²) in [6.45, 7) is 3.17. The first-order valence-corrected chi connectivity index (χ1v) is 6.07. The van der Waals surface area contributed by atoms with Crippen LogP contribution in [0.2, 0.25) is 0 Å². The molecule has 1 fully saturated rings. The fourth-order valence-corrected chi connectivity index (χ4v) is 1.94. The Labute approximate surface area is 106 Å². The van der Waals surface area contributed by atoms with Crippen molar-refractivity contribution in [3.8, 4) is 0 Å². The normalized spacial score (nSPS) is 23.8. The minimum Gasteiger partial charge on any atom is -0.445 e. The van der Waals surface area contributed by atoms with E-state index in [1.54, 1.807) is 11.8 Å². The summed E-state index contributed by atoms with van der Waals surface area (Å²) in [6.07, 6.45) is -1.07. The summed E-state index contributed by atoms with van der Waals surface area (Å²) in [5, 5.41) is 12.5. The number of aliphatic hydroxyl groups excluding tert-OH is 1. The van der Waals surface area contributed by atoms with E-state index in [9.17, 15) is 9.90 Å². The predicted octanol–water partition coefficient (Wildman–Crippen LogP) is 0.935. The van der Waals surface area contributed by atoms with Crippen LogP contribution in [0.4, 0.5) is 4.79 Å². The molecule has 1 aromatic carbocycles. The van der Waals surface area contributed by atoms with E-state index < -0.39 is 6.23 Å². The summed E-state index contributed by atoms with van der Waals surface area (Å²) in [5.74, 6) is 0. The van der Waals surface area contributed by atoms with Crippen LogP contribution in [0.1, 0.15) is 12.5 Å². The van der Waals surface area contributed by atoms with Gasteiger partial charge in [0.1, 0.15) is 12.8 Å². The number of benzene rings is 1. The first kappa shape index (κ1) is 12.9. The molecule has 1 heterocycles. The molecule has 1 aliphatic rings. The predicted molar refractivity (Wildman–Crippen MR) is 66.8 cm³/mol. The van der Waals surface area contributed by atoms with Crippen LogP contribution in [0.15, 0.2) is 30.3 Å². The molecular formula is C13H18N2O3. The van der Waals surface area contributed by atoms with Crippen LogP contribution in [-0.4, -0.2) is 41.5 Å². The van der Waals surface area contributed by atoms with Gasteiger partial charge in [0.2, 0.25) is 0 Å². The van der Waals surface area contributed by atoms with Crippen molar-refractivity contribution in [2.24, 2.45) is 0 Å². The number of carbonyl (C=O) groups excluding carboxylic acids is 1. The average molecular weight is 250 g/mol. The van der Waals surface area contributed by atoms with Gasteiger partial charge in [-0.25, -0.2) is 4.79 Å². The second-order valence-corrected chi connectivity index (χ2v) is 4.37. The molecule has 0 aromatic heterocycles. The topological polar surface area (TPSA) is 61.8 Å². The number of amides is 1. The quantitative estimate of drug-likeness (QED) is 0.820. The lowest BCUT2D eigenvalue weighted by atomic mass is 10.2. The number of piperazine rings is 1. The fraction of sp³-hybridized carbons (Fsp3) is 0.462. The summed E-state index contributed by atoms with van der Waals surface area (Å²) in [5.41, 5.74) is 0.953. The Morgan fingerprint density at radius 3 is 2.94 bits per heavy atom. The molecule has 1 aromatic rings. The van der Waals surface area contributed by atoms with Crippen LogP contribution in [-0.2, 0) is 11.3 Å². The van der Waals surface area contributed by atoms with Gasteiger partial charge in [-0.3, -0.25) is 5.32 Å². The molecule has 0 saturated carbocycles. The van der Waals surface area contributed by atoms with Gasteiger partial charge in [-0.05, 0) is 12.5 Å². The Bertz CT molecular complexity index is 396. The SMILES string of the molecule is C[C@@H]1[C@@H](O)NCCN1C(=O)OCc1ccccc1. The summed E-state index contributed by atoms with van der Waals surface area (Å²) < 4.78 is 5.23. The highest BCUT2D eigenvalue weighted by Gasteiger charge is 2.30. The first-order chi connectivity index (χ1) is 8.68. The number of nitrogens with one attached hydrogen (secondary N) is 1. The van der Waals surface area contributed by atoms with E-state index in [0.29, 0.717) is 13.1 Å². The molecule has 2 atom stereocenters. The smallest absolute Gasteiger partial charge is 0.410 e. The Morgan fingerprint density at radius 1 is 1.50 bits per heavy atom. The molecule has 0 radical (unpaired) electrons. The van der Waals surface area contributed by atoms with Gasteiger partial charge in [-0.1, -0.05) is 30.3 Å². The van der Waals surface area contributed by atoms with Gasteiger partial charge in [-0.2, -0.15) is 0 Å². The van der Waals surface area contributed by atoms with Gasteiger partial charge in [-0.15, -0.1) is 0 Å². The third kappa shape index (κ3) is 3.00. The van der Waals surface area contributed by atoms with Crippen molar-refractivity contribution in [2.45, 2.75) is 25.8 Å². The third-order valence-electron chi connectivity index (χ3n) is 3.09. The van der Waals surface area contributed by atoms with E-state index in [1.165, 1.54) is 0 Å². The fourth-order valence-electron chi connectivity index (χ4n) is 1.94. The molecule has 0 bridgehead atoms. The highest BCUT2D eigenvalue weighted by Crippen LogP contribution is 2.10. The standard InChI is InChI=1S/C13H18N2O3/c1-10-12(16)14-7-8-15(10)13(17)18-9-11-5-3-2-4-6-11/h2-6,10,12,14,16H,7-9H2,1H3/t10-,12-/m1/s1. The summed E-state index contributed by atoms with van der Waals surface area (Å²) in [7, 11) is 0. The number of aliphatic hydroxyl groups is 1. The highest BCUT2D eigenvalue weighted by molar-refractivity contribution is 5.68. The van der Waals surface area contributed by atoms with Crippen molar-refractivity contribution < 1.29 is 14.6 Å². The van der Waals surface area contributed by atoms with Crippen LogP contribution in [0, 0.1) is 0 Å². The molecule has 0 unspecified atom stereocenters. The largest absolute Gasteiger partial charge is 0.445 e. The van der Waals surface area contributed by atoms with E-state index in [2.05, 4.69) is 5.32 Å². The van der Waals surface area contributed by atoms with E-state index in [-0.39, 0.29) is 18.7 Å². The van der Waals surface area contributed by atoms with E-state index in [4.69, 9.17) is 4.74 Å². The molecule has 2 rings (SSSR count). The van der Waals surface area contributed by atoms with Gasteiger partial charge in [0.05, 0.1) is 6.04 Å². The van der Waals surface area contributed by atoms with Crippen molar-refractivity contribution >= 4 is 6.09 Å². The van der Waals surface area contributed by atoms with Crippen LogP contribution in [0.25, 0.3) is 0 Å². The molecule has 2 N–H and O–H groups in total. The Balaban J connectivity index is 1.88. The van der Waals surface area contributed by atoms with E-state index in [1.807, 2.05) is 30.3 Å². The maximum absolute atomic E-state index is 11.9. The third-order valence-corrected chi connectivity index (χ3v) is 3.09. The highest BCUT2D eigenvalue weighted by atomic mass is 16.6. The summed E-state index contributed by atoms with van der Waals surface area (Å²) in [6, 6.07) is 9.26. The second kappa shape index (κ2) is 5.84. The molecule has 0 aliphatic carbocycles. The van der Waals surface area contributed by atoms with Gasteiger partial charge >= 0.3 is 6.09 Å². The maximum Gasteiger partial charge on any atom is 0.410 e. The number of hydrogen-bond donors (Lipinski definition) is 2. The molecule has 0 spiro atoms. The number of rotatable bonds is 2. The Kier molecular flexibility index (Phi) is 4.17. The lowest BCUT2D eigenvalue weighted by Gasteiger charge is -2.36. The lowest BCUT2D eigenvalue weighted by molar-refractivity contribution is -0.000125. The van der Waals surface area contributed by atoms with Crippen molar-refractivity contribution in [3.63, 3.8) is 0 Å². The summed E-state index contributed by atoms with van der Waals surface area (Å²) >= 11 is 0. The first-order valence-electron chi connectivity index (χ1n) is 6.07. The van der Waals surface area contributed by atoms with E-state index >= 15 is 0 Å². The van der Waals surface area contributed by atoms with Crippen LogP contribution in [0.5, 0.6) is 0 Å². The lowest BCUT2D eigenvalue weighted by Crippen LogP contribution is -2.58. The van der Waals surface area contributed by atoms with Gasteiger partial charge in [0.15, 0.2) is 0 Å². The molecule has 5 heteroatoms. The molecule has 18 heavy (non-hydrogen) atoms. The molecule has 98 valence electrons. The Morgan fingerprint density at radius 2 is 2.22 bits per heavy atom. The van der Waals surface area contributed by atoms with Crippen LogP contribution < -0.4 is 5.32 Å². The zero-order valence-corrected chi connectivity index (χ0v) is 10.4. The number of hydrogen-bond acceptors (Lipinski definition) is 4. The van der Waals surface area contributed by atoms with E-state index in [0.717, 1.165) is 5.56 Å². The number of nitrogens with zero attached hydrogens (tertiary/aromatic N) is 1. The monoisotopic (exact) mass is 250 g/mol. The van der Waals surface area contributed by atoms with Crippen molar-refractivity contribution in [1.82, 2.24) is 10.2 Å². The van der Waals surface area contributed by atoms with Gasteiger partial charge in [0.25, 0.3) is 0 Å². The molecule has 5 nitrogen and oxygen atoms in total. The Hall–Kier alpha value is -1.59. The minimum absolute atomic E-state index is 0.256.